The van der Waals surface area contributed by atoms with Crippen molar-refractivity contribution in [3.05, 3.63) is 57.6 Å². The van der Waals surface area contributed by atoms with Crippen LogP contribution in [0.3, 0.4) is 0 Å². The molecule has 10 heteroatoms. The molecule has 7 nitrogen and oxygen atoms in total. The molecule has 0 saturated carbocycles. The van der Waals surface area contributed by atoms with E-state index in [9.17, 15) is 15.0 Å². The van der Waals surface area contributed by atoms with Crippen LogP contribution < -0.4 is 10.9 Å². The van der Waals surface area contributed by atoms with E-state index in [1.807, 2.05) is 0 Å². The number of amides is 2. The van der Waals surface area contributed by atoms with Crippen molar-refractivity contribution in [2.24, 2.45) is 10.2 Å². The fraction of sp³-hybridized carbons (Fsp3) is 0. The monoisotopic (exact) mass is 424 g/mol. The molecule has 0 aliphatic carbocycles. The second-order valence-corrected chi connectivity index (χ2v) is 5.35. The van der Waals surface area contributed by atoms with Crippen molar-refractivity contribution < 1.29 is 31.5 Å². The average molecular weight is 426 g/mol. The second kappa shape index (κ2) is 9.88. The third-order valence-corrected chi connectivity index (χ3v) is 3.19. The van der Waals surface area contributed by atoms with Crippen LogP contribution in [0, 0.1) is 0 Å². The Morgan fingerprint density at radius 3 is 1.64 bits per heavy atom. The number of nitrogens with zero attached hydrogens (tertiary/aromatic N) is 2. The van der Waals surface area contributed by atoms with Gasteiger partial charge in [0.2, 0.25) is 0 Å². The second-order valence-electron chi connectivity index (χ2n) is 4.48. The van der Waals surface area contributed by atoms with E-state index in [2.05, 4.69) is 21.1 Å². The Labute approximate surface area is 163 Å². The number of carbonyl (C=O) groups is 1. The molecule has 2 rings (SSSR count). The Morgan fingerprint density at radius 1 is 0.880 bits per heavy atom. The SMILES string of the molecule is O=C(N/N=C/c1ccc(Cl)cc1O)N/N=C/c1ccc(Cl)cc1O.[Ni]. The number of hydrogen-bond acceptors (Lipinski definition) is 5. The van der Waals surface area contributed by atoms with E-state index >= 15 is 0 Å². The van der Waals surface area contributed by atoms with Crippen LogP contribution in [-0.2, 0) is 16.5 Å². The largest absolute Gasteiger partial charge is 0.507 e. The molecule has 0 spiro atoms. The van der Waals surface area contributed by atoms with Crippen molar-refractivity contribution in [3.63, 3.8) is 0 Å². The number of phenols is 2. The Kier molecular flexibility index (Phi) is 8.21. The smallest absolute Gasteiger partial charge is 0.355 e. The third kappa shape index (κ3) is 6.62. The minimum absolute atomic E-state index is 0. The Bertz CT molecular complexity index is 750. The summed E-state index contributed by atoms with van der Waals surface area (Å²) < 4.78 is 0. The molecule has 4 N–H and O–H groups in total. The molecule has 2 aromatic rings. The molecule has 2 aromatic carbocycles. The first kappa shape index (κ1) is 20.8. The van der Waals surface area contributed by atoms with Crippen LogP contribution in [0.15, 0.2) is 46.6 Å². The number of aromatic hydroxyl groups is 2. The third-order valence-electron chi connectivity index (χ3n) is 2.72. The van der Waals surface area contributed by atoms with Crippen molar-refractivity contribution in [2.75, 3.05) is 0 Å². The van der Waals surface area contributed by atoms with Gasteiger partial charge in [-0.2, -0.15) is 10.2 Å². The number of urea groups is 1. The molecule has 0 heterocycles. The van der Waals surface area contributed by atoms with Crippen LogP contribution in [-0.4, -0.2) is 28.7 Å². The molecule has 0 saturated heterocycles. The first-order valence-electron chi connectivity index (χ1n) is 6.55. The van der Waals surface area contributed by atoms with Crippen LogP contribution in [0.4, 0.5) is 4.79 Å². The number of hydrazone groups is 2. The first-order valence-corrected chi connectivity index (χ1v) is 7.30. The maximum Gasteiger partial charge on any atom is 0.355 e. The zero-order valence-electron chi connectivity index (χ0n) is 12.4. The van der Waals surface area contributed by atoms with Crippen molar-refractivity contribution in [3.8, 4) is 11.5 Å². The normalized spacial score (nSPS) is 10.6. The Balaban J connectivity index is 0.00000312. The van der Waals surface area contributed by atoms with E-state index in [1.165, 1.54) is 24.6 Å². The molecule has 0 fully saturated rings. The molecule has 0 aliphatic heterocycles. The van der Waals surface area contributed by atoms with Gasteiger partial charge in [0.1, 0.15) is 11.5 Å². The zero-order chi connectivity index (χ0) is 17.5. The number of phenolic OH excluding ortho intramolecular Hbond substituents is 2. The summed E-state index contributed by atoms with van der Waals surface area (Å²) >= 11 is 11.4. The van der Waals surface area contributed by atoms with Crippen molar-refractivity contribution in [1.29, 1.82) is 0 Å². The van der Waals surface area contributed by atoms with Crippen LogP contribution >= 0.6 is 23.2 Å². The molecule has 0 bridgehead atoms. The number of nitrogens with one attached hydrogen (secondary N) is 2. The van der Waals surface area contributed by atoms with Crippen molar-refractivity contribution in [2.45, 2.75) is 0 Å². The Morgan fingerprint density at radius 2 is 1.28 bits per heavy atom. The van der Waals surface area contributed by atoms with Gasteiger partial charge in [0.15, 0.2) is 0 Å². The minimum atomic E-state index is -0.704. The molecule has 0 unspecified atom stereocenters. The standard InChI is InChI=1S/C15H12Cl2N4O3.Ni/c16-11-3-1-9(13(22)5-11)7-18-20-15(24)21-19-8-10-2-4-12(17)6-14(10)23;/h1-8,22-23H,(H2,20,21,24);/b18-7+,19-8+;. The van der Waals surface area contributed by atoms with Crippen molar-refractivity contribution in [1.82, 2.24) is 10.9 Å². The first-order chi connectivity index (χ1) is 11.5. The van der Waals surface area contributed by atoms with Gasteiger partial charge >= 0.3 is 6.03 Å². The van der Waals surface area contributed by atoms with E-state index < -0.39 is 6.03 Å². The topological polar surface area (TPSA) is 106 Å². The minimum Gasteiger partial charge on any atom is -0.507 e. The van der Waals surface area contributed by atoms with Gasteiger partial charge < -0.3 is 10.2 Å². The molecule has 134 valence electrons. The molecule has 0 aromatic heterocycles. The summed E-state index contributed by atoms with van der Waals surface area (Å²) in [5.41, 5.74) is 5.09. The average Bonchev–Trinajstić information content (AvgIpc) is 2.51. The van der Waals surface area contributed by atoms with Crippen LogP contribution in [0.5, 0.6) is 11.5 Å². The van der Waals surface area contributed by atoms with Gasteiger partial charge in [-0.25, -0.2) is 15.6 Å². The number of benzene rings is 2. The van der Waals surface area contributed by atoms with E-state index in [4.69, 9.17) is 23.2 Å². The summed E-state index contributed by atoms with van der Waals surface area (Å²) in [5.74, 6) is -0.130. The predicted molar refractivity (Wildman–Crippen MR) is 93.1 cm³/mol. The van der Waals surface area contributed by atoms with Gasteiger partial charge in [0.25, 0.3) is 0 Å². The van der Waals surface area contributed by atoms with Gasteiger partial charge in [-0.15, -0.1) is 0 Å². The summed E-state index contributed by atoms with van der Waals surface area (Å²) in [6.07, 6.45) is 2.50. The summed E-state index contributed by atoms with van der Waals surface area (Å²) in [6, 6.07) is 8.24. The van der Waals surface area contributed by atoms with E-state index in [-0.39, 0.29) is 28.0 Å². The van der Waals surface area contributed by atoms with E-state index in [0.29, 0.717) is 21.2 Å². The van der Waals surface area contributed by atoms with Gasteiger partial charge in [-0.05, 0) is 36.4 Å². The van der Waals surface area contributed by atoms with Gasteiger partial charge in [-0.3, -0.25) is 0 Å². The summed E-state index contributed by atoms with van der Waals surface area (Å²) in [6.45, 7) is 0. The fourth-order valence-electron chi connectivity index (χ4n) is 1.60. The summed E-state index contributed by atoms with van der Waals surface area (Å²) in [5, 5.41) is 27.3. The van der Waals surface area contributed by atoms with E-state index in [1.54, 1.807) is 24.3 Å². The van der Waals surface area contributed by atoms with E-state index in [0.717, 1.165) is 0 Å². The number of halogens is 2. The quantitative estimate of drug-likeness (QED) is 0.343. The van der Waals surface area contributed by atoms with Crippen LogP contribution in [0.2, 0.25) is 10.0 Å². The number of carbonyl (C=O) groups excluding carboxylic acids is 1. The van der Waals surface area contributed by atoms with Gasteiger partial charge in [0.05, 0.1) is 12.4 Å². The van der Waals surface area contributed by atoms with Crippen molar-refractivity contribution >= 4 is 41.7 Å². The molecule has 2 amide bonds. The summed E-state index contributed by atoms with van der Waals surface area (Å²) in [4.78, 5) is 11.5. The predicted octanol–water partition coefficient (Wildman–Crippen LogP) is 3.07. The maximum atomic E-state index is 11.5. The Hall–Kier alpha value is -2.28. The molecule has 0 atom stereocenters. The van der Waals surface area contributed by atoms with Gasteiger partial charge in [0, 0.05) is 37.7 Å². The molecule has 25 heavy (non-hydrogen) atoms. The maximum absolute atomic E-state index is 11.5. The molecular weight excluding hydrogens is 414 g/mol. The molecular formula is C15H12Cl2N4NiO3. The van der Waals surface area contributed by atoms with Crippen LogP contribution in [0.1, 0.15) is 11.1 Å². The molecule has 0 radical (unpaired) electrons. The summed E-state index contributed by atoms with van der Waals surface area (Å²) in [7, 11) is 0. The zero-order valence-corrected chi connectivity index (χ0v) is 14.9. The molecule has 0 aliphatic rings. The van der Waals surface area contributed by atoms with Crippen LogP contribution in [0.25, 0.3) is 0 Å². The van der Waals surface area contributed by atoms with Gasteiger partial charge in [-0.1, -0.05) is 23.2 Å². The number of rotatable bonds is 4. The fourth-order valence-corrected chi connectivity index (χ4v) is 1.93. The number of hydrogen-bond donors (Lipinski definition) is 4.